The molecule has 2 nitrogen and oxygen atoms in total. The lowest BCUT2D eigenvalue weighted by Gasteiger charge is -2.19. The second-order valence-corrected chi connectivity index (χ2v) is 4.02. The number of nitriles is 1. The first-order valence-corrected chi connectivity index (χ1v) is 5.49. The van der Waals surface area contributed by atoms with Gasteiger partial charge in [0.05, 0.1) is 12.0 Å². The highest BCUT2D eigenvalue weighted by Gasteiger charge is 2.10. The topological polar surface area (TPSA) is 27.0 Å². The average Bonchev–Trinajstić information content (AvgIpc) is 2.29. The summed E-state index contributed by atoms with van der Waals surface area (Å²) >= 11 is 0. The Kier molecular flexibility index (Phi) is 4.94. The molecule has 0 aliphatic heterocycles. The first kappa shape index (κ1) is 12.7. The van der Waals surface area contributed by atoms with E-state index in [0.717, 1.165) is 6.42 Å². The van der Waals surface area contributed by atoms with Gasteiger partial charge in [-0.25, -0.2) is 4.39 Å². The molecule has 1 aromatic carbocycles. The molecule has 16 heavy (non-hydrogen) atoms. The third-order valence-electron chi connectivity index (χ3n) is 2.61. The molecule has 0 N–H and O–H groups in total. The van der Waals surface area contributed by atoms with Crippen molar-refractivity contribution in [2.24, 2.45) is 5.92 Å². The minimum absolute atomic E-state index is 0.0248. The van der Waals surface area contributed by atoms with E-state index < -0.39 is 0 Å². The lowest BCUT2D eigenvalue weighted by atomic mass is 10.1. The molecule has 3 heteroatoms. The van der Waals surface area contributed by atoms with E-state index in [-0.39, 0.29) is 11.7 Å². The summed E-state index contributed by atoms with van der Waals surface area (Å²) in [7, 11) is 1.91. The van der Waals surface area contributed by atoms with Gasteiger partial charge in [-0.2, -0.15) is 5.26 Å². The molecule has 1 rings (SSSR count). The van der Waals surface area contributed by atoms with Gasteiger partial charge in [-0.3, -0.25) is 0 Å². The molecule has 0 aromatic heterocycles. The Bertz CT molecular complexity index is 370. The van der Waals surface area contributed by atoms with Crippen LogP contribution in [0.3, 0.4) is 0 Å². The van der Waals surface area contributed by atoms with Crippen LogP contribution in [0.15, 0.2) is 24.3 Å². The summed E-state index contributed by atoms with van der Waals surface area (Å²) in [6.45, 7) is 3.22. The number of nitrogens with zero attached hydrogens (tertiary/aromatic N) is 2. The van der Waals surface area contributed by atoms with Gasteiger partial charge in [-0.05, 0) is 19.5 Å². The maximum Gasteiger partial charge on any atom is 0.127 e. The fourth-order valence-corrected chi connectivity index (χ4v) is 1.62. The smallest absolute Gasteiger partial charge is 0.127 e. The van der Waals surface area contributed by atoms with Crippen LogP contribution in [-0.2, 0) is 6.54 Å². The molecule has 0 bridgehead atoms. The highest BCUT2D eigenvalue weighted by atomic mass is 19.1. The highest BCUT2D eigenvalue weighted by molar-refractivity contribution is 5.17. The van der Waals surface area contributed by atoms with E-state index in [9.17, 15) is 4.39 Å². The summed E-state index contributed by atoms with van der Waals surface area (Å²) in [5.41, 5.74) is 0.679. The van der Waals surface area contributed by atoms with E-state index in [1.807, 2.05) is 24.9 Å². The van der Waals surface area contributed by atoms with Crippen molar-refractivity contribution in [3.63, 3.8) is 0 Å². The van der Waals surface area contributed by atoms with Gasteiger partial charge in [0.25, 0.3) is 0 Å². The van der Waals surface area contributed by atoms with Gasteiger partial charge in [0.15, 0.2) is 0 Å². The van der Waals surface area contributed by atoms with Gasteiger partial charge in [0.2, 0.25) is 0 Å². The molecular weight excluding hydrogens is 203 g/mol. The highest BCUT2D eigenvalue weighted by Crippen LogP contribution is 2.11. The summed E-state index contributed by atoms with van der Waals surface area (Å²) in [6.07, 6.45) is 0.831. The fourth-order valence-electron chi connectivity index (χ4n) is 1.62. The summed E-state index contributed by atoms with van der Waals surface area (Å²) in [5, 5.41) is 8.84. The zero-order valence-electron chi connectivity index (χ0n) is 9.78. The number of hydrogen-bond acceptors (Lipinski definition) is 2. The predicted octanol–water partition coefficient (Wildman–Crippen LogP) is 2.81. The Labute approximate surface area is 96.3 Å². The fraction of sp³-hybridized carbons (Fsp3) is 0.462. The minimum Gasteiger partial charge on any atom is -0.301 e. The van der Waals surface area contributed by atoms with Gasteiger partial charge in [0.1, 0.15) is 5.82 Å². The number of hydrogen-bond donors (Lipinski definition) is 0. The monoisotopic (exact) mass is 220 g/mol. The Morgan fingerprint density at radius 3 is 2.69 bits per heavy atom. The van der Waals surface area contributed by atoms with Gasteiger partial charge in [-0.15, -0.1) is 0 Å². The van der Waals surface area contributed by atoms with Crippen LogP contribution < -0.4 is 0 Å². The maximum absolute atomic E-state index is 13.4. The zero-order valence-corrected chi connectivity index (χ0v) is 9.78. The van der Waals surface area contributed by atoms with Crippen molar-refractivity contribution in [1.82, 2.24) is 4.90 Å². The second kappa shape index (κ2) is 6.24. The summed E-state index contributed by atoms with van der Waals surface area (Å²) in [5.74, 6) is -0.156. The lowest BCUT2D eigenvalue weighted by molar-refractivity contribution is 0.288. The van der Waals surface area contributed by atoms with Gasteiger partial charge in [-0.1, -0.05) is 25.1 Å². The van der Waals surface area contributed by atoms with E-state index >= 15 is 0 Å². The van der Waals surface area contributed by atoms with Crippen LogP contribution in [0.5, 0.6) is 0 Å². The van der Waals surface area contributed by atoms with E-state index in [1.54, 1.807) is 12.1 Å². The molecule has 0 heterocycles. The number of halogens is 1. The standard InChI is InChI=1S/C13H17FN2/c1-3-11(8-15)9-16(2)10-12-6-4-5-7-13(12)14/h4-7,11H,3,9-10H2,1-2H3. The third kappa shape index (κ3) is 3.63. The SMILES string of the molecule is CCC(C#N)CN(C)Cc1ccccc1F. The van der Waals surface area contributed by atoms with Crippen molar-refractivity contribution in [3.8, 4) is 6.07 Å². The summed E-state index contributed by atoms with van der Waals surface area (Å²) < 4.78 is 13.4. The Morgan fingerprint density at radius 2 is 2.12 bits per heavy atom. The van der Waals surface area contributed by atoms with Crippen molar-refractivity contribution in [1.29, 1.82) is 5.26 Å². The number of benzene rings is 1. The van der Waals surface area contributed by atoms with Crippen LogP contribution in [0.2, 0.25) is 0 Å². The van der Waals surface area contributed by atoms with Gasteiger partial charge >= 0.3 is 0 Å². The third-order valence-corrected chi connectivity index (χ3v) is 2.61. The largest absolute Gasteiger partial charge is 0.301 e. The van der Waals surface area contributed by atoms with Crippen LogP contribution in [0.25, 0.3) is 0 Å². The summed E-state index contributed by atoms with van der Waals surface area (Å²) in [6, 6.07) is 9.00. The van der Waals surface area contributed by atoms with Crippen molar-refractivity contribution in [3.05, 3.63) is 35.6 Å². The Balaban J connectivity index is 2.55. The molecule has 1 unspecified atom stereocenters. The van der Waals surface area contributed by atoms with E-state index in [1.165, 1.54) is 6.07 Å². The quantitative estimate of drug-likeness (QED) is 0.763. The molecule has 0 saturated carbocycles. The molecule has 1 aromatic rings. The van der Waals surface area contributed by atoms with E-state index in [0.29, 0.717) is 18.7 Å². The van der Waals surface area contributed by atoms with Gasteiger partial charge in [0, 0.05) is 18.7 Å². The van der Waals surface area contributed by atoms with Crippen molar-refractivity contribution in [2.45, 2.75) is 19.9 Å². The molecule has 0 amide bonds. The molecule has 0 aliphatic rings. The van der Waals surface area contributed by atoms with Crippen molar-refractivity contribution >= 4 is 0 Å². The lowest BCUT2D eigenvalue weighted by Crippen LogP contribution is -2.24. The molecule has 0 radical (unpaired) electrons. The zero-order chi connectivity index (χ0) is 12.0. The molecular formula is C13H17FN2. The minimum atomic E-state index is -0.181. The van der Waals surface area contributed by atoms with Crippen LogP contribution in [0, 0.1) is 23.1 Å². The maximum atomic E-state index is 13.4. The molecule has 86 valence electrons. The van der Waals surface area contributed by atoms with Crippen LogP contribution in [0.4, 0.5) is 4.39 Å². The second-order valence-electron chi connectivity index (χ2n) is 4.02. The van der Waals surface area contributed by atoms with Crippen LogP contribution >= 0.6 is 0 Å². The van der Waals surface area contributed by atoms with Crippen LogP contribution in [-0.4, -0.2) is 18.5 Å². The molecule has 0 fully saturated rings. The van der Waals surface area contributed by atoms with E-state index in [4.69, 9.17) is 5.26 Å². The van der Waals surface area contributed by atoms with E-state index in [2.05, 4.69) is 6.07 Å². The molecule has 1 atom stereocenters. The molecule has 0 saturated heterocycles. The predicted molar refractivity (Wildman–Crippen MR) is 62.1 cm³/mol. The Morgan fingerprint density at radius 1 is 1.44 bits per heavy atom. The van der Waals surface area contributed by atoms with Crippen LogP contribution in [0.1, 0.15) is 18.9 Å². The average molecular weight is 220 g/mol. The van der Waals surface area contributed by atoms with Gasteiger partial charge < -0.3 is 4.90 Å². The van der Waals surface area contributed by atoms with Crippen molar-refractivity contribution < 1.29 is 4.39 Å². The molecule has 0 aliphatic carbocycles. The molecule has 0 spiro atoms. The number of rotatable bonds is 5. The van der Waals surface area contributed by atoms with Crippen molar-refractivity contribution in [2.75, 3.05) is 13.6 Å². The Hall–Kier alpha value is -1.40. The summed E-state index contributed by atoms with van der Waals surface area (Å²) in [4.78, 5) is 1.98. The first-order chi connectivity index (χ1) is 7.67. The first-order valence-electron chi connectivity index (χ1n) is 5.49. The normalized spacial score (nSPS) is 12.4.